The van der Waals surface area contributed by atoms with Gasteiger partial charge in [-0.05, 0) is 30.5 Å². The molecule has 0 bridgehead atoms. The van der Waals surface area contributed by atoms with Crippen LogP contribution >= 0.6 is 0 Å². The van der Waals surface area contributed by atoms with Gasteiger partial charge in [0.1, 0.15) is 6.04 Å². The molecule has 0 aliphatic carbocycles. The summed E-state index contributed by atoms with van der Waals surface area (Å²) >= 11 is 0. The highest BCUT2D eigenvalue weighted by molar-refractivity contribution is 5.77. The van der Waals surface area contributed by atoms with E-state index in [1.54, 1.807) is 12.4 Å². The van der Waals surface area contributed by atoms with E-state index in [2.05, 4.69) is 15.1 Å². The molecule has 1 atom stereocenters. The van der Waals surface area contributed by atoms with Crippen LogP contribution < -0.4 is 0 Å². The molecule has 1 fully saturated rings. The highest BCUT2D eigenvalue weighted by Crippen LogP contribution is 2.31. The second kappa shape index (κ2) is 6.84. The average molecular weight is 334 g/mol. The van der Waals surface area contributed by atoms with Crippen LogP contribution in [0.1, 0.15) is 36.8 Å². The maximum absolute atomic E-state index is 12.5. The Bertz CT molecular complexity index is 848. The topological polar surface area (TPSA) is 72.1 Å². The van der Waals surface area contributed by atoms with Crippen LogP contribution in [0.15, 0.2) is 59.4 Å². The minimum atomic E-state index is -0.350. The summed E-state index contributed by atoms with van der Waals surface area (Å²) in [6.45, 7) is 0.700. The van der Waals surface area contributed by atoms with Crippen LogP contribution in [0, 0.1) is 0 Å². The van der Waals surface area contributed by atoms with Crippen molar-refractivity contribution in [2.24, 2.45) is 0 Å². The van der Waals surface area contributed by atoms with Gasteiger partial charge in [0.15, 0.2) is 0 Å². The highest BCUT2D eigenvalue weighted by atomic mass is 16.5. The molecule has 126 valence electrons. The van der Waals surface area contributed by atoms with E-state index in [-0.39, 0.29) is 11.9 Å². The zero-order valence-corrected chi connectivity index (χ0v) is 13.7. The Morgan fingerprint density at radius 1 is 1.04 bits per heavy atom. The summed E-state index contributed by atoms with van der Waals surface area (Å²) in [7, 11) is 0. The summed E-state index contributed by atoms with van der Waals surface area (Å²) in [5.74, 6) is 1.07. The Hall–Kier alpha value is -3.02. The SMILES string of the molecule is O=C1CCCCN1C(c1ccccc1)c1nc(-c2ccncc2)no1. The molecule has 0 radical (unpaired) electrons. The number of likely N-dealkylation sites (tertiary alicyclic amines) is 1. The summed E-state index contributed by atoms with van der Waals surface area (Å²) in [6, 6.07) is 13.2. The van der Waals surface area contributed by atoms with Crippen molar-refractivity contribution in [3.05, 3.63) is 66.3 Å². The molecule has 3 heterocycles. The minimum Gasteiger partial charge on any atom is -0.336 e. The molecule has 3 aromatic rings. The Kier molecular flexibility index (Phi) is 4.24. The molecule has 1 aromatic carbocycles. The molecule has 4 rings (SSSR count). The Labute approximate surface area is 145 Å². The smallest absolute Gasteiger partial charge is 0.254 e. The van der Waals surface area contributed by atoms with Crippen molar-refractivity contribution in [2.45, 2.75) is 25.3 Å². The molecule has 0 saturated carbocycles. The van der Waals surface area contributed by atoms with Crippen molar-refractivity contribution in [3.8, 4) is 11.4 Å². The van der Waals surface area contributed by atoms with Crippen molar-refractivity contribution in [1.29, 1.82) is 0 Å². The van der Waals surface area contributed by atoms with Gasteiger partial charge in [0, 0.05) is 30.9 Å². The summed E-state index contributed by atoms with van der Waals surface area (Å²) < 4.78 is 5.56. The van der Waals surface area contributed by atoms with Crippen LogP contribution in [0.25, 0.3) is 11.4 Å². The van der Waals surface area contributed by atoms with E-state index in [1.165, 1.54) is 0 Å². The number of carbonyl (C=O) groups excluding carboxylic acids is 1. The first-order valence-electron chi connectivity index (χ1n) is 8.41. The van der Waals surface area contributed by atoms with Crippen molar-refractivity contribution in [3.63, 3.8) is 0 Å². The number of rotatable bonds is 4. The number of pyridine rings is 1. The van der Waals surface area contributed by atoms with Crippen LogP contribution in [0.2, 0.25) is 0 Å². The zero-order valence-electron chi connectivity index (χ0n) is 13.7. The lowest BCUT2D eigenvalue weighted by Gasteiger charge is -2.32. The van der Waals surface area contributed by atoms with Crippen LogP contribution in [0.3, 0.4) is 0 Å². The van der Waals surface area contributed by atoms with Crippen LogP contribution in [0.4, 0.5) is 0 Å². The standard InChI is InChI=1S/C19H18N4O2/c24-16-8-4-5-13-23(16)17(14-6-2-1-3-7-14)19-21-18(22-25-19)15-9-11-20-12-10-15/h1-3,6-7,9-12,17H,4-5,8,13H2. The lowest BCUT2D eigenvalue weighted by Crippen LogP contribution is -2.39. The Balaban J connectivity index is 1.74. The number of piperidine rings is 1. The largest absolute Gasteiger partial charge is 0.336 e. The molecule has 1 aliphatic rings. The monoisotopic (exact) mass is 334 g/mol. The fourth-order valence-electron chi connectivity index (χ4n) is 3.16. The predicted molar refractivity (Wildman–Crippen MR) is 91.4 cm³/mol. The summed E-state index contributed by atoms with van der Waals surface area (Å²) in [5.41, 5.74) is 1.81. The van der Waals surface area contributed by atoms with Gasteiger partial charge >= 0.3 is 0 Å². The first kappa shape index (κ1) is 15.5. The van der Waals surface area contributed by atoms with Gasteiger partial charge in [-0.25, -0.2) is 0 Å². The fraction of sp³-hybridized carbons (Fsp3) is 0.263. The summed E-state index contributed by atoms with van der Waals surface area (Å²) in [4.78, 5) is 22.9. The zero-order chi connectivity index (χ0) is 17.1. The molecule has 1 saturated heterocycles. The molecule has 1 aliphatic heterocycles. The van der Waals surface area contributed by atoms with E-state index in [0.29, 0.717) is 24.7 Å². The lowest BCUT2D eigenvalue weighted by molar-refractivity contribution is -0.135. The van der Waals surface area contributed by atoms with E-state index in [9.17, 15) is 4.79 Å². The number of aromatic nitrogens is 3. The third kappa shape index (κ3) is 3.15. The Morgan fingerprint density at radius 2 is 1.84 bits per heavy atom. The van der Waals surface area contributed by atoms with Crippen LogP contribution in [-0.2, 0) is 4.79 Å². The maximum atomic E-state index is 12.5. The van der Waals surface area contributed by atoms with Crippen molar-refractivity contribution in [1.82, 2.24) is 20.0 Å². The van der Waals surface area contributed by atoms with Gasteiger partial charge in [0.2, 0.25) is 11.7 Å². The average Bonchev–Trinajstić information content (AvgIpc) is 3.15. The molecular formula is C19H18N4O2. The van der Waals surface area contributed by atoms with Gasteiger partial charge in [-0.3, -0.25) is 9.78 Å². The number of hydrogen-bond acceptors (Lipinski definition) is 5. The second-order valence-corrected chi connectivity index (χ2v) is 6.05. The number of nitrogens with zero attached hydrogens (tertiary/aromatic N) is 4. The second-order valence-electron chi connectivity index (χ2n) is 6.05. The van der Waals surface area contributed by atoms with E-state index in [4.69, 9.17) is 4.52 Å². The predicted octanol–water partition coefficient (Wildman–Crippen LogP) is 3.23. The number of hydrogen-bond donors (Lipinski definition) is 0. The molecule has 25 heavy (non-hydrogen) atoms. The summed E-state index contributed by atoms with van der Waals surface area (Å²) in [5, 5.41) is 4.10. The summed E-state index contributed by atoms with van der Waals surface area (Å²) in [6.07, 6.45) is 5.86. The van der Waals surface area contributed by atoms with Crippen LogP contribution in [0.5, 0.6) is 0 Å². The van der Waals surface area contributed by atoms with E-state index in [0.717, 1.165) is 24.0 Å². The van der Waals surface area contributed by atoms with E-state index in [1.807, 2.05) is 47.4 Å². The van der Waals surface area contributed by atoms with E-state index >= 15 is 0 Å². The lowest BCUT2D eigenvalue weighted by atomic mass is 10.0. The highest BCUT2D eigenvalue weighted by Gasteiger charge is 2.32. The van der Waals surface area contributed by atoms with E-state index < -0.39 is 0 Å². The molecule has 1 unspecified atom stereocenters. The van der Waals surface area contributed by atoms with Crippen molar-refractivity contribution < 1.29 is 9.32 Å². The van der Waals surface area contributed by atoms with Gasteiger partial charge in [0.25, 0.3) is 5.89 Å². The first-order chi connectivity index (χ1) is 12.3. The van der Waals surface area contributed by atoms with Crippen molar-refractivity contribution in [2.75, 3.05) is 6.54 Å². The molecule has 2 aromatic heterocycles. The third-order valence-corrected chi connectivity index (χ3v) is 4.40. The number of benzene rings is 1. The van der Waals surface area contributed by atoms with Crippen molar-refractivity contribution >= 4 is 5.91 Å². The molecule has 6 heteroatoms. The quantitative estimate of drug-likeness (QED) is 0.732. The normalized spacial score (nSPS) is 16.0. The van der Waals surface area contributed by atoms with Gasteiger partial charge in [-0.15, -0.1) is 0 Å². The van der Waals surface area contributed by atoms with Crippen LogP contribution in [-0.4, -0.2) is 32.5 Å². The minimum absolute atomic E-state index is 0.128. The molecule has 0 spiro atoms. The number of amides is 1. The first-order valence-corrected chi connectivity index (χ1v) is 8.41. The molecule has 6 nitrogen and oxygen atoms in total. The Morgan fingerprint density at radius 3 is 2.60 bits per heavy atom. The maximum Gasteiger partial charge on any atom is 0.254 e. The van der Waals surface area contributed by atoms with Gasteiger partial charge in [-0.1, -0.05) is 35.5 Å². The fourth-order valence-corrected chi connectivity index (χ4v) is 3.16. The van der Waals surface area contributed by atoms with Gasteiger partial charge in [0.05, 0.1) is 0 Å². The van der Waals surface area contributed by atoms with Gasteiger partial charge < -0.3 is 9.42 Å². The number of carbonyl (C=O) groups is 1. The molecule has 1 amide bonds. The third-order valence-electron chi connectivity index (χ3n) is 4.40. The molecule has 0 N–H and O–H groups in total. The molecular weight excluding hydrogens is 316 g/mol. The van der Waals surface area contributed by atoms with Gasteiger partial charge in [-0.2, -0.15) is 4.98 Å².